The van der Waals surface area contributed by atoms with Crippen LogP contribution in [0.4, 0.5) is 0 Å². The van der Waals surface area contributed by atoms with Crippen molar-refractivity contribution in [1.82, 2.24) is 9.71 Å². The fourth-order valence-corrected chi connectivity index (χ4v) is 4.97. The third-order valence-electron chi connectivity index (χ3n) is 2.95. The maximum Gasteiger partial charge on any atom is 0.242 e. The fraction of sp³-hybridized carbons (Fsp3) is 0.455. The van der Waals surface area contributed by atoms with Crippen LogP contribution in [-0.4, -0.2) is 39.4 Å². The van der Waals surface area contributed by atoms with E-state index in [2.05, 4.69) is 9.71 Å². The molecule has 0 aromatic carbocycles. The Bertz CT molecular complexity index is 733. The molecule has 2 heterocycles. The van der Waals surface area contributed by atoms with Gasteiger partial charge in [0, 0.05) is 12.2 Å². The van der Waals surface area contributed by atoms with Crippen molar-refractivity contribution in [3.05, 3.63) is 24.0 Å². The molecule has 1 unspecified atom stereocenters. The summed E-state index contributed by atoms with van der Waals surface area (Å²) in [5.41, 5.74) is 0.115. The molecule has 1 aromatic heterocycles. The number of nitrogens with one attached hydrogen (secondary N) is 1. The number of hydrogen-bond acceptors (Lipinski definition) is 6. The highest BCUT2D eigenvalue weighted by atomic mass is 32.2. The summed E-state index contributed by atoms with van der Waals surface area (Å²) in [7, 11) is -7.00. The predicted molar refractivity (Wildman–Crippen MR) is 70.9 cm³/mol. The molecule has 1 atom stereocenters. The molecule has 9 heteroatoms. The van der Waals surface area contributed by atoms with Gasteiger partial charge in [0.15, 0.2) is 9.84 Å². The average molecular weight is 315 g/mol. The summed E-state index contributed by atoms with van der Waals surface area (Å²) in [6.45, 7) is 0. The molecule has 0 saturated carbocycles. The Kier molecular flexibility index (Phi) is 4.08. The molecule has 7 nitrogen and oxygen atoms in total. The minimum Gasteiger partial charge on any atom is -0.244 e. The molecular formula is C11H13N3O4S2. The maximum absolute atomic E-state index is 12.1. The van der Waals surface area contributed by atoms with Gasteiger partial charge < -0.3 is 0 Å². The first-order valence-corrected chi connectivity index (χ1v) is 9.22. The van der Waals surface area contributed by atoms with Crippen LogP contribution in [0.25, 0.3) is 0 Å². The van der Waals surface area contributed by atoms with Crippen LogP contribution in [0.15, 0.2) is 23.2 Å². The second-order valence-corrected chi connectivity index (χ2v) is 8.51. The number of pyridine rings is 1. The SMILES string of the molecule is N#Cc1ccc(S(=O)(=O)NC2CCCS(=O)(=O)C2)cn1. The second-order valence-electron chi connectivity index (χ2n) is 4.57. The summed E-state index contributed by atoms with van der Waals surface area (Å²) in [4.78, 5) is 3.60. The van der Waals surface area contributed by atoms with Crippen molar-refractivity contribution < 1.29 is 16.8 Å². The molecule has 0 spiro atoms. The van der Waals surface area contributed by atoms with E-state index in [0.717, 1.165) is 6.20 Å². The Morgan fingerprint density at radius 1 is 1.40 bits per heavy atom. The van der Waals surface area contributed by atoms with E-state index in [1.165, 1.54) is 12.1 Å². The van der Waals surface area contributed by atoms with Crippen molar-refractivity contribution >= 4 is 19.9 Å². The first-order valence-electron chi connectivity index (χ1n) is 5.91. The quantitative estimate of drug-likeness (QED) is 0.826. The molecule has 1 aliphatic heterocycles. The lowest BCUT2D eigenvalue weighted by Crippen LogP contribution is -2.43. The Labute approximate surface area is 117 Å². The van der Waals surface area contributed by atoms with Crippen LogP contribution in [0.2, 0.25) is 0 Å². The molecule has 0 amide bonds. The van der Waals surface area contributed by atoms with E-state index in [0.29, 0.717) is 12.8 Å². The summed E-state index contributed by atoms with van der Waals surface area (Å²) < 4.78 is 49.5. The molecule has 0 aliphatic carbocycles. The van der Waals surface area contributed by atoms with E-state index < -0.39 is 25.9 Å². The van der Waals surface area contributed by atoms with Gasteiger partial charge in [0.25, 0.3) is 0 Å². The number of sulfone groups is 1. The Hall–Kier alpha value is -1.50. The zero-order valence-electron chi connectivity index (χ0n) is 10.5. The zero-order chi connectivity index (χ0) is 14.8. The summed E-state index contributed by atoms with van der Waals surface area (Å²) in [5.74, 6) is -0.0837. The summed E-state index contributed by atoms with van der Waals surface area (Å²) in [5, 5.41) is 8.61. The number of nitrogens with zero attached hydrogens (tertiary/aromatic N) is 2. The Morgan fingerprint density at radius 2 is 2.15 bits per heavy atom. The van der Waals surface area contributed by atoms with Gasteiger partial charge in [-0.2, -0.15) is 5.26 Å². The maximum atomic E-state index is 12.1. The molecule has 0 bridgehead atoms. The Morgan fingerprint density at radius 3 is 2.70 bits per heavy atom. The van der Waals surface area contributed by atoms with Crippen molar-refractivity contribution in [2.75, 3.05) is 11.5 Å². The number of hydrogen-bond donors (Lipinski definition) is 1. The van der Waals surface area contributed by atoms with Crippen molar-refractivity contribution in [3.8, 4) is 6.07 Å². The normalized spacial score (nSPS) is 22.1. The van der Waals surface area contributed by atoms with E-state index in [9.17, 15) is 16.8 Å². The monoisotopic (exact) mass is 315 g/mol. The van der Waals surface area contributed by atoms with E-state index in [1.807, 2.05) is 0 Å². The molecule has 0 radical (unpaired) electrons. The number of aromatic nitrogens is 1. The van der Waals surface area contributed by atoms with Gasteiger partial charge in [-0.1, -0.05) is 0 Å². The molecule has 1 aliphatic rings. The molecule has 2 rings (SSSR count). The van der Waals surface area contributed by atoms with Gasteiger partial charge in [0.1, 0.15) is 16.7 Å². The van der Waals surface area contributed by atoms with Crippen molar-refractivity contribution in [3.63, 3.8) is 0 Å². The zero-order valence-corrected chi connectivity index (χ0v) is 12.1. The lowest BCUT2D eigenvalue weighted by atomic mass is 10.2. The largest absolute Gasteiger partial charge is 0.244 e. The van der Waals surface area contributed by atoms with Gasteiger partial charge in [0.2, 0.25) is 10.0 Å². The van der Waals surface area contributed by atoms with Gasteiger partial charge in [-0.15, -0.1) is 0 Å². The molecule has 1 aromatic rings. The minimum absolute atomic E-state index is 0.0838. The lowest BCUT2D eigenvalue weighted by Gasteiger charge is -2.22. The van der Waals surface area contributed by atoms with E-state index in [-0.39, 0.29) is 22.1 Å². The second kappa shape index (κ2) is 5.47. The van der Waals surface area contributed by atoms with Crippen LogP contribution in [0, 0.1) is 11.3 Å². The molecular weight excluding hydrogens is 302 g/mol. The molecule has 1 fully saturated rings. The summed E-state index contributed by atoms with van der Waals surface area (Å²) >= 11 is 0. The van der Waals surface area contributed by atoms with E-state index in [1.54, 1.807) is 6.07 Å². The predicted octanol–water partition coefficient (Wildman–Crippen LogP) is -0.191. The lowest BCUT2D eigenvalue weighted by molar-refractivity contribution is 0.517. The van der Waals surface area contributed by atoms with Crippen molar-refractivity contribution in [2.45, 2.75) is 23.8 Å². The molecule has 108 valence electrons. The number of rotatable bonds is 3. The third kappa shape index (κ3) is 3.53. The molecule has 20 heavy (non-hydrogen) atoms. The minimum atomic E-state index is -3.82. The standard InChI is InChI=1S/C11H13N3O4S2/c12-6-9-3-4-11(7-13-9)20(17,18)14-10-2-1-5-19(15,16)8-10/h3-4,7,10,14H,1-2,5,8H2. The van der Waals surface area contributed by atoms with Crippen LogP contribution in [0.1, 0.15) is 18.5 Å². The van der Waals surface area contributed by atoms with E-state index in [4.69, 9.17) is 5.26 Å². The van der Waals surface area contributed by atoms with Crippen molar-refractivity contribution in [1.29, 1.82) is 5.26 Å². The van der Waals surface area contributed by atoms with E-state index >= 15 is 0 Å². The summed E-state index contributed by atoms with van der Waals surface area (Å²) in [6.07, 6.45) is 2.02. The smallest absolute Gasteiger partial charge is 0.242 e. The van der Waals surface area contributed by atoms with Gasteiger partial charge in [-0.05, 0) is 25.0 Å². The summed E-state index contributed by atoms with van der Waals surface area (Å²) in [6, 6.07) is 3.74. The van der Waals surface area contributed by atoms with Crippen LogP contribution < -0.4 is 4.72 Å². The Balaban J connectivity index is 2.16. The first kappa shape index (κ1) is 14.9. The third-order valence-corrected chi connectivity index (χ3v) is 6.27. The van der Waals surface area contributed by atoms with Gasteiger partial charge >= 0.3 is 0 Å². The molecule has 1 saturated heterocycles. The van der Waals surface area contributed by atoms with Gasteiger partial charge in [-0.25, -0.2) is 26.5 Å². The number of sulfonamides is 1. The topological polar surface area (TPSA) is 117 Å². The fourth-order valence-electron chi connectivity index (χ4n) is 2.01. The highest BCUT2D eigenvalue weighted by molar-refractivity contribution is 7.91. The van der Waals surface area contributed by atoms with Crippen LogP contribution in [-0.2, 0) is 19.9 Å². The van der Waals surface area contributed by atoms with Crippen LogP contribution in [0.3, 0.4) is 0 Å². The van der Waals surface area contributed by atoms with Crippen molar-refractivity contribution in [2.24, 2.45) is 0 Å². The van der Waals surface area contributed by atoms with Crippen LogP contribution >= 0.6 is 0 Å². The molecule has 1 N–H and O–H groups in total. The van der Waals surface area contributed by atoms with Crippen LogP contribution in [0.5, 0.6) is 0 Å². The highest BCUT2D eigenvalue weighted by Crippen LogP contribution is 2.15. The number of nitriles is 1. The van der Waals surface area contributed by atoms with Gasteiger partial charge in [-0.3, -0.25) is 0 Å². The first-order chi connectivity index (χ1) is 9.32. The van der Waals surface area contributed by atoms with Gasteiger partial charge in [0.05, 0.1) is 11.5 Å². The highest BCUT2D eigenvalue weighted by Gasteiger charge is 2.28. The average Bonchev–Trinajstić information content (AvgIpc) is 2.37.